The third-order valence-electron chi connectivity index (χ3n) is 5.91. The zero-order chi connectivity index (χ0) is 23.4. The second-order valence-electron chi connectivity index (χ2n) is 8.87. The molecule has 2 aromatic carbocycles. The van der Waals surface area contributed by atoms with E-state index in [-0.39, 0.29) is 17.7 Å². The summed E-state index contributed by atoms with van der Waals surface area (Å²) in [5.74, 6) is 0.392. The minimum absolute atomic E-state index is 0.0449. The van der Waals surface area contributed by atoms with Gasteiger partial charge in [-0.25, -0.2) is 4.68 Å². The number of piperidine rings is 1. The first-order valence-corrected chi connectivity index (χ1v) is 11.8. The average Bonchev–Trinajstić information content (AvgIpc) is 3.28. The van der Waals surface area contributed by atoms with Crippen LogP contribution in [0.25, 0.3) is 16.9 Å². The fourth-order valence-electron chi connectivity index (χ4n) is 4.02. The zero-order valence-electron chi connectivity index (χ0n) is 19.0. The summed E-state index contributed by atoms with van der Waals surface area (Å²) in [6.07, 6.45) is 1.33. The van der Waals surface area contributed by atoms with E-state index in [1.807, 2.05) is 65.6 Å². The van der Waals surface area contributed by atoms with Gasteiger partial charge in [0.25, 0.3) is 5.91 Å². The Bertz CT molecular complexity index is 1100. The lowest BCUT2D eigenvalue weighted by atomic mass is 9.95. The molecule has 0 unspecified atom stereocenters. The van der Waals surface area contributed by atoms with Gasteiger partial charge in [0.2, 0.25) is 5.91 Å². The minimum Gasteiger partial charge on any atom is -0.356 e. The van der Waals surface area contributed by atoms with Crippen molar-refractivity contribution in [1.82, 2.24) is 20.0 Å². The lowest BCUT2D eigenvalue weighted by Gasteiger charge is -2.31. The van der Waals surface area contributed by atoms with Crippen LogP contribution in [0, 0.1) is 11.8 Å². The van der Waals surface area contributed by atoms with Gasteiger partial charge in [-0.05, 0) is 49.1 Å². The van der Waals surface area contributed by atoms with Crippen LogP contribution in [0.4, 0.5) is 0 Å². The van der Waals surface area contributed by atoms with Crippen molar-refractivity contribution in [2.45, 2.75) is 26.7 Å². The van der Waals surface area contributed by atoms with E-state index in [0.717, 1.165) is 11.3 Å². The molecule has 1 aromatic heterocycles. The Morgan fingerprint density at radius 2 is 1.73 bits per heavy atom. The fourth-order valence-corrected chi connectivity index (χ4v) is 4.14. The van der Waals surface area contributed by atoms with Crippen molar-refractivity contribution in [1.29, 1.82) is 0 Å². The highest BCUT2D eigenvalue weighted by Crippen LogP contribution is 2.26. The van der Waals surface area contributed by atoms with Gasteiger partial charge in [0.1, 0.15) is 5.69 Å². The SMILES string of the molecule is CC(C)CNC(=O)C1CCN(C(=O)c2cc(-c3ccc(Cl)cc3)nn2-c2ccccc2)CC1. The van der Waals surface area contributed by atoms with Crippen molar-refractivity contribution in [2.75, 3.05) is 19.6 Å². The maximum Gasteiger partial charge on any atom is 0.272 e. The highest BCUT2D eigenvalue weighted by atomic mass is 35.5. The summed E-state index contributed by atoms with van der Waals surface area (Å²) in [4.78, 5) is 27.8. The second kappa shape index (κ2) is 10.2. The number of rotatable bonds is 6. The molecule has 1 aliphatic heterocycles. The fraction of sp³-hybridized carbons (Fsp3) is 0.346. The van der Waals surface area contributed by atoms with Gasteiger partial charge >= 0.3 is 0 Å². The number of halogens is 1. The van der Waals surface area contributed by atoms with E-state index in [9.17, 15) is 9.59 Å². The van der Waals surface area contributed by atoms with Gasteiger partial charge in [0.15, 0.2) is 0 Å². The van der Waals surface area contributed by atoms with Crippen LogP contribution in [0.2, 0.25) is 5.02 Å². The molecule has 172 valence electrons. The minimum atomic E-state index is -0.0763. The van der Waals surface area contributed by atoms with E-state index in [4.69, 9.17) is 16.7 Å². The second-order valence-corrected chi connectivity index (χ2v) is 9.31. The van der Waals surface area contributed by atoms with Crippen molar-refractivity contribution in [2.24, 2.45) is 11.8 Å². The Hall–Kier alpha value is -3.12. The van der Waals surface area contributed by atoms with E-state index in [1.54, 1.807) is 4.68 Å². The molecule has 3 aromatic rings. The van der Waals surface area contributed by atoms with E-state index in [1.165, 1.54) is 0 Å². The molecule has 0 saturated carbocycles. The van der Waals surface area contributed by atoms with Gasteiger partial charge in [-0.15, -0.1) is 0 Å². The van der Waals surface area contributed by atoms with Crippen molar-refractivity contribution in [3.05, 3.63) is 71.4 Å². The van der Waals surface area contributed by atoms with Crippen molar-refractivity contribution >= 4 is 23.4 Å². The lowest BCUT2D eigenvalue weighted by molar-refractivity contribution is -0.126. The molecule has 0 atom stereocenters. The lowest BCUT2D eigenvalue weighted by Crippen LogP contribution is -2.44. The van der Waals surface area contributed by atoms with E-state index in [0.29, 0.717) is 54.8 Å². The molecule has 1 aliphatic rings. The van der Waals surface area contributed by atoms with Crippen LogP contribution in [0.1, 0.15) is 37.2 Å². The van der Waals surface area contributed by atoms with Crippen LogP contribution in [-0.2, 0) is 4.79 Å². The van der Waals surface area contributed by atoms with E-state index in [2.05, 4.69) is 19.2 Å². The largest absolute Gasteiger partial charge is 0.356 e. The molecule has 1 fully saturated rings. The number of aromatic nitrogens is 2. The number of nitrogens with one attached hydrogen (secondary N) is 1. The molecule has 1 saturated heterocycles. The number of hydrogen-bond donors (Lipinski definition) is 1. The van der Waals surface area contributed by atoms with Gasteiger partial charge in [-0.2, -0.15) is 5.10 Å². The van der Waals surface area contributed by atoms with Gasteiger partial charge in [-0.1, -0.05) is 55.8 Å². The number of likely N-dealkylation sites (tertiary alicyclic amines) is 1. The maximum atomic E-state index is 13.5. The maximum absolute atomic E-state index is 13.5. The Kier molecular flexibility index (Phi) is 7.14. The Labute approximate surface area is 199 Å². The van der Waals surface area contributed by atoms with Crippen LogP contribution in [0.15, 0.2) is 60.7 Å². The summed E-state index contributed by atoms with van der Waals surface area (Å²) < 4.78 is 1.70. The van der Waals surface area contributed by atoms with Crippen molar-refractivity contribution in [3.63, 3.8) is 0 Å². The van der Waals surface area contributed by atoms with Gasteiger partial charge in [0, 0.05) is 36.1 Å². The molecule has 0 aliphatic carbocycles. The molecule has 6 nitrogen and oxygen atoms in total. The Morgan fingerprint density at radius 3 is 2.36 bits per heavy atom. The standard InChI is InChI=1S/C26H29ClN4O2/c1-18(2)17-28-25(32)20-12-14-30(15-13-20)26(33)24-16-23(19-8-10-21(27)11-9-19)29-31(24)22-6-4-3-5-7-22/h3-11,16,18,20H,12-15,17H2,1-2H3,(H,28,32). The van der Waals surface area contributed by atoms with Gasteiger partial charge in [0.05, 0.1) is 11.4 Å². The van der Waals surface area contributed by atoms with Crippen molar-refractivity contribution < 1.29 is 9.59 Å². The van der Waals surface area contributed by atoms with E-state index >= 15 is 0 Å². The molecule has 2 amide bonds. The molecular weight excluding hydrogens is 436 g/mol. The molecule has 0 spiro atoms. The zero-order valence-corrected chi connectivity index (χ0v) is 19.8. The van der Waals surface area contributed by atoms with Crippen LogP contribution in [0.5, 0.6) is 0 Å². The summed E-state index contributed by atoms with van der Waals surface area (Å²) in [5, 5.41) is 8.41. The van der Waals surface area contributed by atoms with Crippen molar-refractivity contribution in [3.8, 4) is 16.9 Å². The first-order chi connectivity index (χ1) is 15.9. The summed E-state index contributed by atoms with van der Waals surface area (Å²) >= 11 is 6.04. The third-order valence-corrected chi connectivity index (χ3v) is 6.16. The Morgan fingerprint density at radius 1 is 1.06 bits per heavy atom. The highest BCUT2D eigenvalue weighted by Gasteiger charge is 2.30. The number of hydrogen-bond acceptors (Lipinski definition) is 3. The summed E-state index contributed by atoms with van der Waals surface area (Å²) in [5.41, 5.74) is 2.93. The summed E-state index contributed by atoms with van der Waals surface area (Å²) in [7, 11) is 0. The number of carbonyl (C=O) groups is 2. The normalized spacial score (nSPS) is 14.5. The quantitative estimate of drug-likeness (QED) is 0.568. The van der Waals surface area contributed by atoms with E-state index < -0.39 is 0 Å². The molecule has 7 heteroatoms. The molecule has 2 heterocycles. The predicted octanol–water partition coefficient (Wildman–Crippen LogP) is 4.82. The van der Waals surface area contributed by atoms with Gasteiger partial charge in [-0.3, -0.25) is 9.59 Å². The topological polar surface area (TPSA) is 67.2 Å². The van der Waals surface area contributed by atoms with Crippen LogP contribution in [0.3, 0.4) is 0 Å². The predicted molar refractivity (Wildman–Crippen MR) is 130 cm³/mol. The number of benzene rings is 2. The van der Waals surface area contributed by atoms with Crippen LogP contribution < -0.4 is 5.32 Å². The molecule has 0 bridgehead atoms. The number of carbonyl (C=O) groups excluding carboxylic acids is 2. The number of nitrogens with zero attached hydrogens (tertiary/aromatic N) is 3. The molecule has 33 heavy (non-hydrogen) atoms. The molecule has 0 radical (unpaired) electrons. The smallest absolute Gasteiger partial charge is 0.272 e. The third kappa shape index (κ3) is 5.45. The van der Waals surface area contributed by atoms with Crippen LogP contribution >= 0.6 is 11.6 Å². The highest BCUT2D eigenvalue weighted by molar-refractivity contribution is 6.30. The molecule has 4 rings (SSSR count). The number of para-hydroxylation sites is 1. The molecular formula is C26H29ClN4O2. The first-order valence-electron chi connectivity index (χ1n) is 11.4. The average molecular weight is 465 g/mol. The first kappa shape index (κ1) is 23.1. The Balaban J connectivity index is 1.54. The summed E-state index contributed by atoms with van der Waals surface area (Å²) in [6.45, 7) is 5.94. The van der Waals surface area contributed by atoms with Gasteiger partial charge < -0.3 is 10.2 Å². The van der Waals surface area contributed by atoms with Crippen LogP contribution in [-0.4, -0.2) is 46.1 Å². The monoisotopic (exact) mass is 464 g/mol. The summed E-state index contributed by atoms with van der Waals surface area (Å²) in [6, 6.07) is 18.9. The molecule has 1 N–H and O–H groups in total. The number of amides is 2.